The third kappa shape index (κ3) is 4.33. The lowest BCUT2D eigenvalue weighted by molar-refractivity contribution is -0.123. The lowest BCUT2D eigenvalue weighted by Gasteiger charge is -2.18. The number of rotatable bonds is 6. The van der Waals surface area contributed by atoms with Gasteiger partial charge in [-0.3, -0.25) is 4.79 Å². The highest BCUT2D eigenvalue weighted by molar-refractivity contribution is 5.82. The predicted octanol–water partition coefficient (Wildman–Crippen LogP) is 2.44. The van der Waals surface area contributed by atoms with Crippen LogP contribution in [0.4, 0.5) is 0 Å². The lowest BCUT2D eigenvalue weighted by Crippen LogP contribution is -2.42. The van der Waals surface area contributed by atoms with Crippen LogP contribution >= 0.6 is 0 Å². The van der Waals surface area contributed by atoms with Gasteiger partial charge in [-0.15, -0.1) is 0 Å². The molecule has 0 saturated carbocycles. The number of hydrogen-bond donors (Lipinski definition) is 2. The molecule has 0 saturated heterocycles. The summed E-state index contributed by atoms with van der Waals surface area (Å²) in [5.74, 6) is 0.617. The molecule has 2 atom stereocenters. The molecule has 3 N–H and O–H groups in total. The largest absolute Gasteiger partial charge is 0.497 e. The molecular weight excluding hydrogens is 276 g/mol. The number of methoxy groups -OCH3 is 1. The second kappa shape index (κ2) is 7.61. The van der Waals surface area contributed by atoms with Gasteiger partial charge in [-0.25, -0.2) is 0 Å². The van der Waals surface area contributed by atoms with Crippen molar-refractivity contribution in [2.24, 2.45) is 5.73 Å². The van der Waals surface area contributed by atoms with Crippen molar-refractivity contribution >= 4 is 5.91 Å². The van der Waals surface area contributed by atoms with E-state index >= 15 is 0 Å². The van der Waals surface area contributed by atoms with Crippen LogP contribution in [0.15, 0.2) is 54.6 Å². The highest BCUT2D eigenvalue weighted by Crippen LogP contribution is 2.18. The minimum absolute atomic E-state index is 0.121. The Bertz CT molecular complexity index is 613. The molecule has 4 nitrogen and oxygen atoms in total. The van der Waals surface area contributed by atoms with Crippen LogP contribution in [-0.2, 0) is 11.2 Å². The lowest BCUT2D eigenvalue weighted by atomic mass is 10.0. The van der Waals surface area contributed by atoms with Crippen LogP contribution in [-0.4, -0.2) is 19.1 Å². The number of nitrogens with two attached hydrogens (primary N) is 1. The van der Waals surface area contributed by atoms with Gasteiger partial charge in [0.25, 0.3) is 0 Å². The van der Waals surface area contributed by atoms with Crippen LogP contribution in [0.1, 0.15) is 24.1 Å². The summed E-state index contributed by atoms with van der Waals surface area (Å²) in [6, 6.07) is 16.7. The molecule has 2 unspecified atom stereocenters. The summed E-state index contributed by atoms with van der Waals surface area (Å²) in [6.07, 6.45) is 0.525. The fraction of sp³-hybridized carbons (Fsp3) is 0.278. The first-order valence-electron chi connectivity index (χ1n) is 7.34. The molecule has 1 amide bonds. The van der Waals surface area contributed by atoms with E-state index < -0.39 is 6.04 Å². The van der Waals surface area contributed by atoms with E-state index in [1.165, 1.54) is 0 Å². The van der Waals surface area contributed by atoms with Gasteiger partial charge in [-0.2, -0.15) is 0 Å². The quantitative estimate of drug-likeness (QED) is 0.861. The number of ether oxygens (including phenoxy) is 1. The van der Waals surface area contributed by atoms with Crippen molar-refractivity contribution in [1.82, 2.24) is 5.32 Å². The van der Waals surface area contributed by atoms with Crippen LogP contribution in [0.25, 0.3) is 0 Å². The summed E-state index contributed by atoms with van der Waals surface area (Å²) in [4.78, 5) is 12.2. The van der Waals surface area contributed by atoms with E-state index in [4.69, 9.17) is 10.5 Å². The standard InChI is InChI=1S/C18H22N2O2/c1-13(15-9-6-10-16(12-15)22-2)20-18(21)17(19)11-14-7-4-3-5-8-14/h3-10,12-13,17H,11,19H2,1-2H3,(H,20,21). The smallest absolute Gasteiger partial charge is 0.237 e. The first-order chi connectivity index (χ1) is 10.6. The van der Waals surface area contributed by atoms with Gasteiger partial charge >= 0.3 is 0 Å². The van der Waals surface area contributed by atoms with Gasteiger partial charge in [0.1, 0.15) is 5.75 Å². The maximum atomic E-state index is 12.2. The van der Waals surface area contributed by atoms with Crippen molar-refractivity contribution in [1.29, 1.82) is 0 Å². The zero-order chi connectivity index (χ0) is 15.9. The topological polar surface area (TPSA) is 64.3 Å². The molecule has 2 rings (SSSR count). The van der Waals surface area contributed by atoms with Crippen LogP contribution in [0.3, 0.4) is 0 Å². The molecule has 2 aromatic carbocycles. The minimum atomic E-state index is -0.560. The molecule has 22 heavy (non-hydrogen) atoms. The van der Waals surface area contributed by atoms with Gasteiger partial charge in [0.05, 0.1) is 19.2 Å². The first kappa shape index (κ1) is 16.0. The third-order valence-corrected chi connectivity index (χ3v) is 3.59. The van der Waals surface area contributed by atoms with Gasteiger partial charge in [-0.05, 0) is 36.6 Å². The molecule has 0 heterocycles. The van der Waals surface area contributed by atoms with Crippen molar-refractivity contribution in [3.05, 3.63) is 65.7 Å². The third-order valence-electron chi connectivity index (χ3n) is 3.59. The monoisotopic (exact) mass is 298 g/mol. The van der Waals surface area contributed by atoms with E-state index in [1.807, 2.05) is 61.5 Å². The molecule has 0 radical (unpaired) electrons. The van der Waals surface area contributed by atoms with E-state index in [9.17, 15) is 4.79 Å². The summed E-state index contributed by atoms with van der Waals surface area (Å²) in [7, 11) is 1.62. The molecular formula is C18H22N2O2. The van der Waals surface area contributed by atoms with Crippen LogP contribution < -0.4 is 15.8 Å². The van der Waals surface area contributed by atoms with Gasteiger partial charge in [0.15, 0.2) is 0 Å². The summed E-state index contributed by atoms with van der Waals surface area (Å²) in [5, 5.41) is 2.95. The number of carbonyl (C=O) groups excluding carboxylic acids is 1. The zero-order valence-corrected chi connectivity index (χ0v) is 13.0. The molecule has 0 fully saturated rings. The summed E-state index contributed by atoms with van der Waals surface area (Å²) in [6.45, 7) is 1.93. The molecule has 0 aliphatic carbocycles. The van der Waals surface area contributed by atoms with E-state index in [0.29, 0.717) is 6.42 Å². The minimum Gasteiger partial charge on any atom is -0.497 e. The Morgan fingerprint density at radius 1 is 1.18 bits per heavy atom. The predicted molar refractivity (Wildman–Crippen MR) is 87.7 cm³/mol. The number of hydrogen-bond acceptors (Lipinski definition) is 3. The Labute approximate surface area is 131 Å². The van der Waals surface area contributed by atoms with Crippen LogP contribution in [0.2, 0.25) is 0 Å². The van der Waals surface area contributed by atoms with E-state index in [1.54, 1.807) is 7.11 Å². The first-order valence-corrected chi connectivity index (χ1v) is 7.34. The molecule has 0 aromatic heterocycles. The van der Waals surface area contributed by atoms with Crippen LogP contribution in [0, 0.1) is 0 Å². The van der Waals surface area contributed by atoms with Gasteiger partial charge in [-0.1, -0.05) is 42.5 Å². The average Bonchev–Trinajstić information content (AvgIpc) is 2.55. The molecule has 0 bridgehead atoms. The SMILES string of the molecule is COc1cccc(C(C)NC(=O)C(N)Cc2ccccc2)c1. The Kier molecular flexibility index (Phi) is 5.55. The maximum absolute atomic E-state index is 12.2. The number of nitrogens with one attached hydrogen (secondary N) is 1. The van der Waals surface area contributed by atoms with Crippen LogP contribution in [0.5, 0.6) is 5.75 Å². The van der Waals surface area contributed by atoms with Gasteiger partial charge in [0, 0.05) is 0 Å². The highest BCUT2D eigenvalue weighted by atomic mass is 16.5. The van der Waals surface area contributed by atoms with Crippen molar-refractivity contribution in [3.8, 4) is 5.75 Å². The Morgan fingerprint density at radius 2 is 1.91 bits per heavy atom. The molecule has 4 heteroatoms. The summed E-state index contributed by atoms with van der Waals surface area (Å²) < 4.78 is 5.20. The molecule has 0 aliphatic heterocycles. The highest BCUT2D eigenvalue weighted by Gasteiger charge is 2.17. The van der Waals surface area contributed by atoms with Gasteiger partial charge in [0.2, 0.25) is 5.91 Å². The van der Waals surface area contributed by atoms with Crippen molar-refractivity contribution < 1.29 is 9.53 Å². The maximum Gasteiger partial charge on any atom is 0.237 e. The van der Waals surface area contributed by atoms with Gasteiger partial charge < -0.3 is 15.8 Å². The average molecular weight is 298 g/mol. The van der Waals surface area contributed by atoms with Crippen molar-refractivity contribution in [2.45, 2.75) is 25.4 Å². The molecule has 0 aliphatic rings. The second-order valence-electron chi connectivity index (χ2n) is 5.30. The fourth-order valence-corrected chi connectivity index (χ4v) is 2.28. The number of benzene rings is 2. The zero-order valence-electron chi connectivity index (χ0n) is 13.0. The number of amides is 1. The Morgan fingerprint density at radius 3 is 2.59 bits per heavy atom. The summed E-state index contributed by atoms with van der Waals surface area (Å²) >= 11 is 0. The van der Waals surface area contributed by atoms with Crippen molar-refractivity contribution in [3.63, 3.8) is 0 Å². The Hall–Kier alpha value is -2.33. The second-order valence-corrected chi connectivity index (χ2v) is 5.30. The van der Waals surface area contributed by atoms with E-state index in [0.717, 1.165) is 16.9 Å². The van der Waals surface area contributed by atoms with E-state index in [-0.39, 0.29) is 11.9 Å². The number of carbonyl (C=O) groups is 1. The fourth-order valence-electron chi connectivity index (χ4n) is 2.28. The van der Waals surface area contributed by atoms with Crippen molar-refractivity contribution in [2.75, 3.05) is 7.11 Å². The summed E-state index contributed by atoms with van der Waals surface area (Å²) in [5.41, 5.74) is 8.04. The molecule has 2 aromatic rings. The normalized spacial score (nSPS) is 13.2. The molecule has 116 valence electrons. The van der Waals surface area contributed by atoms with E-state index in [2.05, 4.69) is 5.32 Å². The Balaban J connectivity index is 1.95. The molecule has 0 spiro atoms.